The van der Waals surface area contributed by atoms with E-state index in [4.69, 9.17) is 4.74 Å². The molecule has 2 atom stereocenters. The fraction of sp³-hybridized carbons (Fsp3) is 0.857. The van der Waals surface area contributed by atoms with Crippen molar-refractivity contribution in [3.05, 3.63) is 0 Å². The Morgan fingerprint density at radius 3 is 2.70 bits per heavy atom. The van der Waals surface area contributed by atoms with Crippen LogP contribution >= 0.6 is 0 Å². The van der Waals surface area contributed by atoms with Gasteiger partial charge in [-0.25, -0.2) is 4.79 Å². The van der Waals surface area contributed by atoms with E-state index >= 15 is 0 Å². The molecule has 0 saturated carbocycles. The molecule has 0 radical (unpaired) electrons. The van der Waals surface area contributed by atoms with E-state index in [1.54, 1.807) is 6.92 Å². The second-order valence-electron chi connectivity index (χ2n) is 2.61. The SMILES string of the molecule is CCC1OC1(C)C(=O)OC. The molecule has 0 bridgehead atoms. The summed E-state index contributed by atoms with van der Waals surface area (Å²) >= 11 is 0. The van der Waals surface area contributed by atoms with Crippen molar-refractivity contribution in [1.82, 2.24) is 0 Å². The Balaban J connectivity index is 2.50. The molecule has 3 nitrogen and oxygen atoms in total. The van der Waals surface area contributed by atoms with Crippen LogP contribution in [0.15, 0.2) is 0 Å². The molecular formula is C7H12O3. The Hall–Kier alpha value is -0.570. The van der Waals surface area contributed by atoms with Gasteiger partial charge in [-0.1, -0.05) is 6.92 Å². The summed E-state index contributed by atoms with van der Waals surface area (Å²) in [7, 11) is 1.38. The molecule has 3 heteroatoms. The average molecular weight is 144 g/mol. The third-order valence-corrected chi connectivity index (χ3v) is 1.91. The highest BCUT2D eigenvalue weighted by molar-refractivity contribution is 5.82. The van der Waals surface area contributed by atoms with E-state index in [1.807, 2.05) is 6.92 Å². The van der Waals surface area contributed by atoms with Crippen molar-refractivity contribution in [3.8, 4) is 0 Å². The fourth-order valence-electron chi connectivity index (χ4n) is 1.12. The normalized spacial score (nSPS) is 37.3. The maximum Gasteiger partial charge on any atom is 0.340 e. The molecular weight excluding hydrogens is 132 g/mol. The Kier molecular flexibility index (Phi) is 1.68. The molecule has 1 saturated heterocycles. The summed E-state index contributed by atoms with van der Waals surface area (Å²) in [5, 5.41) is 0. The van der Waals surface area contributed by atoms with Gasteiger partial charge in [-0.15, -0.1) is 0 Å². The second-order valence-corrected chi connectivity index (χ2v) is 2.61. The number of hydrogen-bond donors (Lipinski definition) is 0. The lowest BCUT2D eigenvalue weighted by atomic mass is 10.1. The van der Waals surface area contributed by atoms with Gasteiger partial charge in [0, 0.05) is 0 Å². The molecule has 0 amide bonds. The van der Waals surface area contributed by atoms with E-state index < -0.39 is 5.60 Å². The first-order valence-corrected chi connectivity index (χ1v) is 3.41. The van der Waals surface area contributed by atoms with Crippen molar-refractivity contribution in [2.45, 2.75) is 32.0 Å². The van der Waals surface area contributed by atoms with Crippen LogP contribution in [0.3, 0.4) is 0 Å². The van der Waals surface area contributed by atoms with E-state index in [0.717, 1.165) is 6.42 Å². The molecule has 0 aromatic rings. The number of carbonyl (C=O) groups is 1. The first-order chi connectivity index (χ1) is 4.65. The lowest BCUT2D eigenvalue weighted by molar-refractivity contribution is -0.146. The predicted octanol–water partition coefficient (Wildman–Crippen LogP) is 0.727. The van der Waals surface area contributed by atoms with Crippen LogP contribution < -0.4 is 0 Å². The Labute approximate surface area is 60.3 Å². The maximum absolute atomic E-state index is 10.9. The summed E-state index contributed by atoms with van der Waals surface area (Å²) < 4.78 is 9.68. The van der Waals surface area contributed by atoms with Gasteiger partial charge in [-0.2, -0.15) is 0 Å². The summed E-state index contributed by atoms with van der Waals surface area (Å²) in [5.74, 6) is -0.264. The average Bonchev–Trinajstić information content (AvgIpc) is 2.61. The minimum Gasteiger partial charge on any atom is -0.467 e. The van der Waals surface area contributed by atoms with Gasteiger partial charge in [0.25, 0.3) is 0 Å². The number of methoxy groups -OCH3 is 1. The van der Waals surface area contributed by atoms with E-state index in [0.29, 0.717) is 0 Å². The standard InChI is InChI=1S/C7H12O3/c1-4-5-7(2,10-5)6(8)9-3/h5H,4H2,1-3H3. The molecule has 0 spiro atoms. The molecule has 1 aliphatic rings. The summed E-state index contributed by atoms with van der Waals surface area (Å²) in [5.41, 5.74) is -0.635. The van der Waals surface area contributed by atoms with Gasteiger partial charge in [0.15, 0.2) is 5.60 Å². The van der Waals surface area contributed by atoms with Crippen molar-refractivity contribution in [2.24, 2.45) is 0 Å². The Morgan fingerprint density at radius 1 is 1.80 bits per heavy atom. The highest BCUT2D eigenvalue weighted by Crippen LogP contribution is 2.38. The number of epoxide rings is 1. The fourth-order valence-corrected chi connectivity index (χ4v) is 1.12. The summed E-state index contributed by atoms with van der Waals surface area (Å²) in [6.45, 7) is 3.74. The molecule has 10 heavy (non-hydrogen) atoms. The van der Waals surface area contributed by atoms with Gasteiger partial charge in [0.05, 0.1) is 13.2 Å². The van der Waals surface area contributed by atoms with E-state index in [9.17, 15) is 4.79 Å². The maximum atomic E-state index is 10.9. The largest absolute Gasteiger partial charge is 0.467 e. The summed E-state index contributed by atoms with van der Waals surface area (Å²) in [4.78, 5) is 10.9. The number of rotatable bonds is 2. The van der Waals surface area contributed by atoms with Gasteiger partial charge < -0.3 is 9.47 Å². The van der Waals surface area contributed by atoms with Crippen molar-refractivity contribution in [2.75, 3.05) is 7.11 Å². The number of hydrogen-bond acceptors (Lipinski definition) is 3. The highest BCUT2D eigenvalue weighted by atomic mass is 16.7. The minimum absolute atomic E-state index is 0.0694. The summed E-state index contributed by atoms with van der Waals surface area (Å²) in [6, 6.07) is 0. The first kappa shape index (κ1) is 7.54. The minimum atomic E-state index is -0.635. The van der Waals surface area contributed by atoms with Crippen LogP contribution in [0.25, 0.3) is 0 Å². The van der Waals surface area contributed by atoms with Crippen LogP contribution in [0, 0.1) is 0 Å². The Morgan fingerprint density at radius 2 is 2.40 bits per heavy atom. The zero-order valence-electron chi connectivity index (χ0n) is 6.51. The number of carbonyl (C=O) groups excluding carboxylic acids is 1. The number of ether oxygens (including phenoxy) is 2. The van der Waals surface area contributed by atoms with E-state index in [1.165, 1.54) is 7.11 Å². The van der Waals surface area contributed by atoms with Crippen molar-refractivity contribution in [3.63, 3.8) is 0 Å². The van der Waals surface area contributed by atoms with Gasteiger partial charge >= 0.3 is 5.97 Å². The van der Waals surface area contributed by atoms with Crippen LogP contribution in [0.4, 0.5) is 0 Å². The smallest absolute Gasteiger partial charge is 0.340 e. The van der Waals surface area contributed by atoms with Gasteiger partial charge in [0.1, 0.15) is 0 Å². The molecule has 58 valence electrons. The molecule has 0 aliphatic carbocycles. The predicted molar refractivity (Wildman–Crippen MR) is 35.6 cm³/mol. The lowest BCUT2D eigenvalue weighted by Crippen LogP contribution is -2.24. The third kappa shape index (κ3) is 0.904. The van der Waals surface area contributed by atoms with Crippen LogP contribution in [-0.2, 0) is 14.3 Å². The zero-order valence-corrected chi connectivity index (χ0v) is 6.51. The third-order valence-electron chi connectivity index (χ3n) is 1.91. The molecule has 0 N–H and O–H groups in total. The van der Waals surface area contributed by atoms with Crippen molar-refractivity contribution >= 4 is 5.97 Å². The molecule has 2 unspecified atom stereocenters. The molecule has 0 aromatic heterocycles. The van der Waals surface area contributed by atoms with Crippen LogP contribution in [0.5, 0.6) is 0 Å². The zero-order chi connectivity index (χ0) is 7.78. The quantitative estimate of drug-likeness (QED) is 0.423. The lowest BCUT2D eigenvalue weighted by Gasteiger charge is -2.00. The Bertz CT molecular complexity index is 155. The molecule has 1 fully saturated rings. The molecule has 1 rings (SSSR count). The molecule has 0 aromatic carbocycles. The van der Waals surface area contributed by atoms with Crippen molar-refractivity contribution < 1.29 is 14.3 Å². The van der Waals surface area contributed by atoms with Crippen LogP contribution in [0.1, 0.15) is 20.3 Å². The van der Waals surface area contributed by atoms with Gasteiger partial charge in [-0.05, 0) is 13.3 Å². The monoisotopic (exact) mass is 144 g/mol. The first-order valence-electron chi connectivity index (χ1n) is 3.41. The highest BCUT2D eigenvalue weighted by Gasteiger charge is 2.58. The van der Waals surface area contributed by atoms with E-state index in [2.05, 4.69) is 4.74 Å². The second kappa shape index (κ2) is 2.23. The van der Waals surface area contributed by atoms with Gasteiger partial charge in [0.2, 0.25) is 0 Å². The van der Waals surface area contributed by atoms with Gasteiger partial charge in [-0.3, -0.25) is 0 Å². The molecule has 1 heterocycles. The van der Waals surface area contributed by atoms with Crippen LogP contribution in [0.2, 0.25) is 0 Å². The number of esters is 1. The summed E-state index contributed by atoms with van der Waals surface area (Å²) in [6.07, 6.45) is 0.936. The topological polar surface area (TPSA) is 38.8 Å². The van der Waals surface area contributed by atoms with Crippen LogP contribution in [-0.4, -0.2) is 24.8 Å². The van der Waals surface area contributed by atoms with E-state index in [-0.39, 0.29) is 12.1 Å². The molecule has 1 aliphatic heterocycles. The van der Waals surface area contributed by atoms with Crippen molar-refractivity contribution in [1.29, 1.82) is 0 Å².